The summed E-state index contributed by atoms with van der Waals surface area (Å²) >= 11 is 1.79. The second kappa shape index (κ2) is 9.19. The van der Waals surface area contributed by atoms with Crippen molar-refractivity contribution in [2.75, 3.05) is 24.0 Å². The summed E-state index contributed by atoms with van der Waals surface area (Å²) in [5, 5.41) is 13.6. The molecule has 1 aromatic rings. The zero-order valence-electron chi connectivity index (χ0n) is 11.9. The SMILES string of the molecule is CSCCCCCNC(=O)c1cc(NN)ccc1[N+](=O)[O-]. The number of thioether (sulfide) groups is 1. The Kier molecular flexibility index (Phi) is 7.55. The van der Waals surface area contributed by atoms with Crippen molar-refractivity contribution in [3.63, 3.8) is 0 Å². The van der Waals surface area contributed by atoms with Gasteiger partial charge in [0.25, 0.3) is 11.6 Å². The molecule has 7 nitrogen and oxygen atoms in total. The first-order valence-electron chi connectivity index (χ1n) is 6.62. The number of carbonyl (C=O) groups excluding carboxylic acids is 1. The fourth-order valence-corrected chi connectivity index (χ4v) is 2.31. The topological polar surface area (TPSA) is 110 Å². The second-order valence-corrected chi connectivity index (χ2v) is 5.43. The quantitative estimate of drug-likeness (QED) is 0.279. The van der Waals surface area contributed by atoms with Crippen molar-refractivity contribution in [3.05, 3.63) is 33.9 Å². The molecule has 0 bridgehead atoms. The van der Waals surface area contributed by atoms with Gasteiger partial charge < -0.3 is 10.7 Å². The van der Waals surface area contributed by atoms with E-state index in [2.05, 4.69) is 17.0 Å². The molecule has 0 atom stereocenters. The van der Waals surface area contributed by atoms with E-state index in [0.717, 1.165) is 25.0 Å². The van der Waals surface area contributed by atoms with Gasteiger partial charge in [-0.3, -0.25) is 20.8 Å². The number of nitrogens with zero attached hydrogens (tertiary/aromatic N) is 1. The number of nitrogens with one attached hydrogen (secondary N) is 2. The number of nitrogen functional groups attached to an aromatic ring is 1. The Morgan fingerprint density at radius 2 is 2.14 bits per heavy atom. The maximum atomic E-state index is 12.0. The summed E-state index contributed by atoms with van der Waals surface area (Å²) in [6.07, 6.45) is 5.03. The molecule has 0 aliphatic heterocycles. The van der Waals surface area contributed by atoms with Gasteiger partial charge in [0.05, 0.1) is 4.92 Å². The van der Waals surface area contributed by atoms with E-state index in [9.17, 15) is 14.9 Å². The molecule has 116 valence electrons. The number of nitro groups is 1. The highest BCUT2D eigenvalue weighted by Crippen LogP contribution is 2.22. The average molecular weight is 312 g/mol. The number of amides is 1. The van der Waals surface area contributed by atoms with E-state index in [1.165, 1.54) is 18.2 Å². The van der Waals surface area contributed by atoms with Crippen molar-refractivity contribution in [3.8, 4) is 0 Å². The number of hydrogen-bond donors (Lipinski definition) is 3. The van der Waals surface area contributed by atoms with Crippen LogP contribution in [0.25, 0.3) is 0 Å². The van der Waals surface area contributed by atoms with Crippen LogP contribution in [0.15, 0.2) is 18.2 Å². The highest BCUT2D eigenvalue weighted by Gasteiger charge is 2.20. The number of rotatable bonds is 9. The molecule has 8 heteroatoms. The van der Waals surface area contributed by atoms with Gasteiger partial charge in [-0.15, -0.1) is 0 Å². The molecule has 0 fully saturated rings. The van der Waals surface area contributed by atoms with Crippen LogP contribution in [-0.4, -0.2) is 29.4 Å². The molecular formula is C13H20N4O3S. The molecule has 1 rings (SSSR count). The molecule has 0 aliphatic rings. The lowest BCUT2D eigenvalue weighted by atomic mass is 10.1. The van der Waals surface area contributed by atoms with Crippen molar-refractivity contribution in [2.45, 2.75) is 19.3 Å². The maximum absolute atomic E-state index is 12.0. The molecular weight excluding hydrogens is 292 g/mol. The lowest BCUT2D eigenvalue weighted by Gasteiger charge is -2.07. The molecule has 0 heterocycles. The first-order chi connectivity index (χ1) is 10.1. The van der Waals surface area contributed by atoms with Gasteiger partial charge in [-0.05, 0) is 37.0 Å². The fourth-order valence-electron chi connectivity index (χ4n) is 1.81. The largest absolute Gasteiger partial charge is 0.352 e. The third-order valence-electron chi connectivity index (χ3n) is 2.92. The predicted molar refractivity (Wildman–Crippen MR) is 85.5 cm³/mol. The number of unbranched alkanes of at least 4 members (excludes halogenated alkanes) is 2. The number of hydrogen-bond acceptors (Lipinski definition) is 6. The van der Waals surface area contributed by atoms with Crippen molar-refractivity contribution < 1.29 is 9.72 Å². The van der Waals surface area contributed by atoms with Crippen molar-refractivity contribution in [1.82, 2.24) is 5.32 Å². The predicted octanol–water partition coefficient (Wildman–Crippen LogP) is 2.14. The van der Waals surface area contributed by atoms with Crippen LogP contribution in [0.3, 0.4) is 0 Å². The summed E-state index contributed by atoms with van der Waals surface area (Å²) in [7, 11) is 0. The monoisotopic (exact) mass is 312 g/mol. The molecule has 1 amide bonds. The molecule has 0 radical (unpaired) electrons. The molecule has 0 saturated carbocycles. The van der Waals surface area contributed by atoms with Gasteiger partial charge in [-0.1, -0.05) is 6.42 Å². The van der Waals surface area contributed by atoms with E-state index in [1.807, 2.05) is 0 Å². The zero-order chi connectivity index (χ0) is 15.7. The van der Waals surface area contributed by atoms with E-state index in [4.69, 9.17) is 5.84 Å². The normalized spacial score (nSPS) is 10.2. The lowest BCUT2D eigenvalue weighted by Crippen LogP contribution is -2.25. The third-order valence-corrected chi connectivity index (χ3v) is 3.61. The zero-order valence-corrected chi connectivity index (χ0v) is 12.7. The smallest absolute Gasteiger partial charge is 0.282 e. The Morgan fingerprint density at radius 3 is 2.76 bits per heavy atom. The molecule has 0 aliphatic carbocycles. The van der Waals surface area contributed by atoms with Crippen LogP contribution in [0.4, 0.5) is 11.4 Å². The molecule has 4 N–H and O–H groups in total. The summed E-state index contributed by atoms with van der Waals surface area (Å²) < 4.78 is 0. The minimum atomic E-state index is -0.576. The van der Waals surface area contributed by atoms with Gasteiger partial charge in [0.2, 0.25) is 0 Å². The fraction of sp³-hybridized carbons (Fsp3) is 0.462. The van der Waals surface area contributed by atoms with Crippen LogP contribution in [0.2, 0.25) is 0 Å². The Hall–Kier alpha value is -1.80. The number of anilines is 1. The van der Waals surface area contributed by atoms with E-state index in [0.29, 0.717) is 12.2 Å². The Morgan fingerprint density at radius 1 is 1.38 bits per heavy atom. The van der Waals surface area contributed by atoms with Gasteiger partial charge in [-0.2, -0.15) is 11.8 Å². The number of hydrazine groups is 1. The molecule has 0 aromatic heterocycles. The summed E-state index contributed by atoms with van der Waals surface area (Å²) in [4.78, 5) is 22.4. The van der Waals surface area contributed by atoms with Crippen LogP contribution in [0, 0.1) is 10.1 Å². The van der Waals surface area contributed by atoms with Crippen molar-refractivity contribution >= 4 is 29.0 Å². The number of nitro benzene ring substituents is 1. The van der Waals surface area contributed by atoms with Crippen LogP contribution in [0.1, 0.15) is 29.6 Å². The summed E-state index contributed by atoms with van der Waals surface area (Å²) in [5.74, 6) is 5.91. The highest BCUT2D eigenvalue weighted by molar-refractivity contribution is 7.98. The van der Waals surface area contributed by atoms with Crippen LogP contribution < -0.4 is 16.6 Å². The summed E-state index contributed by atoms with van der Waals surface area (Å²) in [6.45, 7) is 0.505. The summed E-state index contributed by atoms with van der Waals surface area (Å²) in [5.41, 5.74) is 2.61. The summed E-state index contributed by atoms with van der Waals surface area (Å²) in [6, 6.07) is 4.10. The van der Waals surface area contributed by atoms with Crippen LogP contribution >= 0.6 is 11.8 Å². The van der Waals surface area contributed by atoms with Crippen LogP contribution in [0.5, 0.6) is 0 Å². The molecule has 0 saturated heterocycles. The van der Waals surface area contributed by atoms with E-state index in [1.54, 1.807) is 11.8 Å². The first-order valence-corrected chi connectivity index (χ1v) is 8.01. The molecule has 21 heavy (non-hydrogen) atoms. The lowest BCUT2D eigenvalue weighted by molar-refractivity contribution is -0.385. The molecule has 0 spiro atoms. The maximum Gasteiger partial charge on any atom is 0.282 e. The van der Waals surface area contributed by atoms with Gasteiger partial charge in [0, 0.05) is 18.3 Å². The van der Waals surface area contributed by atoms with Gasteiger partial charge in [0.15, 0.2) is 0 Å². The van der Waals surface area contributed by atoms with Crippen molar-refractivity contribution in [1.29, 1.82) is 0 Å². The Bertz CT molecular complexity index is 496. The third kappa shape index (κ3) is 5.60. The minimum absolute atomic E-state index is 0.0135. The van der Waals surface area contributed by atoms with Crippen LogP contribution in [-0.2, 0) is 0 Å². The van der Waals surface area contributed by atoms with Gasteiger partial charge in [0.1, 0.15) is 5.56 Å². The minimum Gasteiger partial charge on any atom is -0.352 e. The van der Waals surface area contributed by atoms with E-state index < -0.39 is 10.8 Å². The Labute approximate surface area is 127 Å². The highest BCUT2D eigenvalue weighted by atomic mass is 32.2. The van der Waals surface area contributed by atoms with Gasteiger partial charge in [-0.25, -0.2) is 0 Å². The molecule has 0 unspecified atom stereocenters. The van der Waals surface area contributed by atoms with Gasteiger partial charge >= 0.3 is 0 Å². The first kappa shape index (κ1) is 17.3. The Balaban J connectivity index is 2.61. The number of benzene rings is 1. The molecule has 1 aromatic carbocycles. The standard InChI is InChI=1S/C13H20N4O3S/c1-21-8-4-2-3-7-15-13(18)11-9-10(16-14)5-6-12(11)17(19)20/h5-6,9,16H,2-4,7-8,14H2,1H3,(H,15,18). The van der Waals surface area contributed by atoms with E-state index >= 15 is 0 Å². The number of nitrogens with two attached hydrogens (primary N) is 1. The second-order valence-electron chi connectivity index (χ2n) is 4.44. The van der Waals surface area contributed by atoms with E-state index in [-0.39, 0.29) is 11.3 Å². The average Bonchev–Trinajstić information content (AvgIpc) is 2.49. The van der Waals surface area contributed by atoms with Crippen molar-refractivity contribution in [2.24, 2.45) is 5.84 Å². The number of carbonyl (C=O) groups is 1.